The van der Waals surface area contributed by atoms with Gasteiger partial charge >= 0.3 is 5.97 Å². The number of aromatic nitrogens is 2. The molecular weight excluding hydrogens is 526 g/mol. The van der Waals surface area contributed by atoms with Crippen molar-refractivity contribution < 1.29 is 19.1 Å². The van der Waals surface area contributed by atoms with Crippen LogP contribution in [0.3, 0.4) is 0 Å². The molecule has 4 rings (SSSR count). The summed E-state index contributed by atoms with van der Waals surface area (Å²) in [4.78, 5) is 29.6. The minimum atomic E-state index is -0.760. The Labute approximate surface area is 240 Å². The van der Waals surface area contributed by atoms with Crippen molar-refractivity contribution in [1.29, 1.82) is 0 Å². The van der Waals surface area contributed by atoms with Crippen LogP contribution in [0.25, 0.3) is 11.0 Å². The number of imidazole rings is 1. The van der Waals surface area contributed by atoms with Crippen molar-refractivity contribution in [2.75, 3.05) is 7.11 Å². The fraction of sp³-hybridized carbons (Fsp3) is 0.344. The summed E-state index contributed by atoms with van der Waals surface area (Å²) in [6.45, 7) is 8.22. The molecule has 0 saturated heterocycles. The highest BCUT2D eigenvalue weighted by Crippen LogP contribution is 2.26. The Kier molecular flexibility index (Phi) is 9.48. The standard InChI is InChI=1S/C32H36ClN3O4/c1-6-7-8-23-9-11-25(12-10-23)20(2)34-31(37)26-13-14-30-29(17-26)35-22(4)36(30)19-24-15-27(33)18-28(16-24)40-21(3)32(38)39-5/h9-18,20-21H,6-8,19H2,1-5H3,(H,34,37)/t20-,21+/m0/s1. The van der Waals surface area contributed by atoms with E-state index in [1.165, 1.54) is 25.5 Å². The van der Waals surface area contributed by atoms with Gasteiger partial charge in [-0.25, -0.2) is 9.78 Å². The molecular formula is C32H36ClN3O4. The molecule has 7 nitrogen and oxygen atoms in total. The lowest BCUT2D eigenvalue weighted by Gasteiger charge is -2.15. The van der Waals surface area contributed by atoms with E-state index in [0.717, 1.165) is 34.4 Å². The number of fused-ring (bicyclic) bond motifs is 1. The van der Waals surface area contributed by atoms with Crippen LogP contribution in [0.2, 0.25) is 5.02 Å². The van der Waals surface area contributed by atoms with Crippen LogP contribution in [-0.2, 0) is 22.5 Å². The molecule has 0 fully saturated rings. The predicted molar refractivity (Wildman–Crippen MR) is 158 cm³/mol. The molecule has 0 spiro atoms. The van der Waals surface area contributed by atoms with Crippen molar-refractivity contribution in [3.8, 4) is 5.75 Å². The molecule has 0 unspecified atom stereocenters. The molecule has 2 atom stereocenters. The Bertz CT molecular complexity index is 1500. The number of carbonyl (C=O) groups excluding carboxylic acids is 2. The molecule has 4 aromatic rings. The van der Waals surface area contributed by atoms with Gasteiger partial charge in [0.15, 0.2) is 6.10 Å². The molecule has 1 N–H and O–H groups in total. The number of benzene rings is 3. The maximum atomic E-state index is 13.1. The second kappa shape index (κ2) is 13.0. The van der Waals surface area contributed by atoms with E-state index in [0.29, 0.717) is 22.9 Å². The Morgan fingerprint density at radius 1 is 1.02 bits per heavy atom. The Hall–Kier alpha value is -3.84. The number of nitrogens with one attached hydrogen (secondary N) is 1. The van der Waals surface area contributed by atoms with Gasteiger partial charge in [-0.3, -0.25) is 4.79 Å². The maximum Gasteiger partial charge on any atom is 0.346 e. The van der Waals surface area contributed by atoms with Crippen molar-refractivity contribution in [2.24, 2.45) is 0 Å². The molecule has 1 amide bonds. The summed E-state index contributed by atoms with van der Waals surface area (Å²) in [7, 11) is 1.32. The van der Waals surface area contributed by atoms with Crippen LogP contribution in [0, 0.1) is 6.92 Å². The number of amides is 1. The van der Waals surface area contributed by atoms with Crippen LogP contribution >= 0.6 is 11.6 Å². The minimum absolute atomic E-state index is 0.121. The average Bonchev–Trinajstić information content (AvgIpc) is 3.24. The average molecular weight is 562 g/mol. The number of hydrogen-bond donors (Lipinski definition) is 1. The van der Waals surface area contributed by atoms with Crippen molar-refractivity contribution in [2.45, 2.75) is 65.6 Å². The molecule has 0 saturated carbocycles. The predicted octanol–water partition coefficient (Wildman–Crippen LogP) is 6.82. The first kappa shape index (κ1) is 29.2. The summed E-state index contributed by atoms with van der Waals surface area (Å²) >= 11 is 6.35. The van der Waals surface area contributed by atoms with Gasteiger partial charge in [0, 0.05) is 17.1 Å². The van der Waals surface area contributed by atoms with Gasteiger partial charge in [0.2, 0.25) is 0 Å². The van der Waals surface area contributed by atoms with E-state index in [4.69, 9.17) is 26.1 Å². The molecule has 3 aromatic carbocycles. The van der Waals surface area contributed by atoms with Crippen molar-refractivity contribution in [3.63, 3.8) is 0 Å². The lowest BCUT2D eigenvalue weighted by molar-refractivity contribution is -0.147. The number of unbranched alkanes of at least 4 members (excludes halogenated alkanes) is 1. The highest BCUT2D eigenvalue weighted by atomic mass is 35.5. The smallest absolute Gasteiger partial charge is 0.346 e. The van der Waals surface area contributed by atoms with Gasteiger partial charge in [-0.2, -0.15) is 0 Å². The van der Waals surface area contributed by atoms with Gasteiger partial charge in [-0.1, -0.05) is 49.2 Å². The molecule has 0 radical (unpaired) electrons. The number of carbonyl (C=O) groups is 2. The second-order valence-corrected chi connectivity index (χ2v) is 10.5. The lowest BCUT2D eigenvalue weighted by Crippen LogP contribution is -2.26. The van der Waals surface area contributed by atoms with E-state index >= 15 is 0 Å². The van der Waals surface area contributed by atoms with E-state index in [1.807, 2.05) is 44.2 Å². The molecule has 0 bridgehead atoms. The van der Waals surface area contributed by atoms with Gasteiger partial charge in [0.05, 0.1) is 24.2 Å². The van der Waals surface area contributed by atoms with Gasteiger partial charge in [-0.05, 0) is 86.7 Å². The van der Waals surface area contributed by atoms with Gasteiger partial charge < -0.3 is 19.4 Å². The number of nitrogens with zero attached hydrogens (tertiary/aromatic N) is 2. The summed E-state index contributed by atoms with van der Waals surface area (Å²) < 4.78 is 12.5. The monoisotopic (exact) mass is 561 g/mol. The summed E-state index contributed by atoms with van der Waals surface area (Å²) in [6, 6.07) is 19.3. The van der Waals surface area contributed by atoms with Crippen LogP contribution in [0.5, 0.6) is 5.75 Å². The SMILES string of the molecule is CCCCc1ccc([C@H](C)NC(=O)c2ccc3c(c2)nc(C)n3Cc2cc(Cl)cc(O[C@H](C)C(=O)OC)c2)cc1. The molecule has 210 valence electrons. The highest BCUT2D eigenvalue weighted by molar-refractivity contribution is 6.30. The number of rotatable bonds is 11. The fourth-order valence-corrected chi connectivity index (χ4v) is 4.94. The van der Waals surface area contributed by atoms with E-state index in [2.05, 4.69) is 41.1 Å². The third-order valence-electron chi connectivity index (χ3n) is 6.97. The number of halogens is 1. The first-order chi connectivity index (χ1) is 19.2. The number of ether oxygens (including phenoxy) is 2. The van der Waals surface area contributed by atoms with Crippen LogP contribution < -0.4 is 10.1 Å². The maximum absolute atomic E-state index is 13.1. The lowest BCUT2D eigenvalue weighted by atomic mass is 10.0. The first-order valence-corrected chi connectivity index (χ1v) is 14.0. The van der Waals surface area contributed by atoms with Crippen LogP contribution in [0.1, 0.15) is 72.5 Å². The summed E-state index contributed by atoms with van der Waals surface area (Å²) in [5.74, 6) is 0.668. The quantitative estimate of drug-likeness (QED) is 0.203. The van der Waals surface area contributed by atoms with Crippen molar-refractivity contribution >= 4 is 34.5 Å². The first-order valence-electron chi connectivity index (χ1n) is 13.6. The Balaban J connectivity index is 1.48. The van der Waals surface area contributed by atoms with Crippen molar-refractivity contribution in [3.05, 3.63) is 93.8 Å². The zero-order chi connectivity index (χ0) is 28.8. The third-order valence-corrected chi connectivity index (χ3v) is 7.18. The largest absolute Gasteiger partial charge is 0.479 e. The normalized spacial score (nSPS) is 12.7. The highest BCUT2D eigenvalue weighted by Gasteiger charge is 2.17. The van der Waals surface area contributed by atoms with E-state index < -0.39 is 12.1 Å². The fourth-order valence-electron chi connectivity index (χ4n) is 4.69. The van der Waals surface area contributed by atoms with Crippen LogP contribution in [0.15, 0.2) is 60.7 Å². The summed E-state index contributed by atoms with van der Waals surface area (Å²) in [5, 5.41) is 3.60. The van der Waals surface area contributed by atoms with E-state index in [9.17, 15) is 9.59 Å². The molecule has 40 heavy (non-hydrogen) atoms. The molecule has 1 heterocycles. The van der Waals surface area contributed by atoms with Crippen molar-refractivity contribution in [1.82, 2.24) is 14.9 Å². The van der Waals surface area contributed by atoms with E-state index in [-0.39, 0.29) is 11.9 Å². The molecule has 0 aliphatic carbocycles. The van der Waals surface area contributed by atoms with Crippen LogP contribution in [0.4, 0.5) is 0 Å². The minimum Gasteiger partial charge on any atom is -0.479 e. The molecule has 0 aliphatic rings. The summed E-state index contributed by atoms with van der Waals surface area (Å²) in [5.41, 5.74) is 5.46. The second-order valence-electron chi connectivity index (χ2n) is 10.1. The zero-order valence-corrected chi connectivity index (χ0v) is 24.4. The third kappa shape index (κ3) is 7.02. The number of esters is 1. The van der Waals surface area contributed by atoms with Gasteiger partial charge in [0.25, 0.3) is 5.91 Å². The topological polar surface area (TPSA) is 82.5 Å². The van der Waals surface area contributed by atoms with Crippen LogP contribution in [-0.4, -0.2) is 34.6 Å². The molecule has 0 aliphatic heterocycles. The Morgan fingerprint density at radius 2 is 1.77 bits per heavy atom. The van der Waals surface area contributed by atoms with Gasteiger partial charge in [-0.15, -0.1) is 0 Å². The van der Waals surface area contributed by atoms with Gasteiger partial charge in [0.1, 0.15) is 11.6 Å². The Morgan fingerprint density at radius 3 is 2.48 bits per heavy atom. The van der Waals surface area contributed by atoms with E-state index in [1.54, 1.807) is 13.0 Å². The number of methoxy groups -OCH3 is 1. The number of aryl methyl sites for hydroxylation is 2. The zero-order valence-electron chi connectivity index (χ0n) is 23.7. The molecule has 1 aromatic heterocycles. The summed E-state index contributed by atoms with van der Waals surface area (Å²) in [6.07, 6.45) is 2.66. The number of hydrogen-bond acceptors (Lipinski definition) is 5. The molecule has 8 heteroatoms.